The molecule has 0 spiro atoms. The third-order valence-electron chi connectivity index (χ3n) is 1.21. The van der Waals surface area contributed by atoms with Crippen LogP contribution in [0.25, 0.3) is 0 Å². The summed E-state index contributed by atoms with van der Waals surface area (Å²) < 4.78 is 8.55. The molecule has 4 nitrogen and oxygen atoms in total. The molecule has 0 saturated carbocycles. The maximum absolute atomic E-state index is 8.55. The topological polar surface area (TPSA) is 86.2 Å². The minimum atomic E-state index is -5.39. The summed E-state index contributed by atoms with van der Waals surface area (Å²) in [4.78, 5) is 25.6. The van der Waals surface area contributed by atoms with Gasteiger partial charge in [-0.2, -0.15) is 80.6 Å². The number of benzene rings is 2. The fourth-order valence-corrected chi connectivity index (χ4v) is 0.684. The van der Waals surface area contributed by atoms with E-state index in [1.54, 1.807) is 0 Å². The average Bonchev–Trinajstić information content (AvgIpc) is 2.32. The zero-order valence-electron chi connectivity index (χ0n) is 9.35. The second kappa shape index (κ2) is 13.3. The van der Waals surface area contributed by atoms with Crippen molar-refractivity contribution in [2.75, 3.05) is 0 Å². The Labute approximate surface area is 139 Å². The van der Waals surface area contributed by atoms with Crippen LogP contribution in [0.15, 0.2) is 60.7 Å². The summed E-state index contributed by atoms with van der Waals surface area (Å²) in [6, 6.07) is 25.0. The van der Waals surface area contributed by atoms with Crippen LogP contribution >= 0.6 is 7.82 Å². The predicted molar refractivity (Wildman–Crippen MR) is 58.2 cm³/mol. The quantitative estimate of drug-likeness (QED) is 0.471. The second-order valence-corrected chi connectivity index (χ2v) is 3.50. The van der Waals surface area contributed by atoms with E-state index in [-0.39, 0.29) is 40.8 Å². The standard InChI is InChI=1S/2C6H5.Nd.H3O4P/c2*1-2-4-6-5-3-1;;1-5(2,3)4/h2*1-5H;;(H3,1,2,3,4)/q2*-1;+3;/p-3. The Morgan fingerprint density at radius 3 is 0.944 bits per heavy atom. The van der Waals surface area contributed by atoms with Crippen LogP contribution in [-0.2, 0) is 4.57 Å². The third kappa shape index (κ3) is 24.9. The van der Waals surface area contributed by atoms with Gasteiger partial charge in [0.2, 0.25) is 0 Å². The monoisotopic (exact) mass is 391 g/mol. The summed E-state index contributed by atoms with van der Waals surface area (Å²) in [5.74, 6) is 0. The second-order valence-electron chi connectivity index (χ2n) is 2.60. The SMILES string of the molecule is O=P([O-])([O-])[O-].[Nd+3].[c-]1ccccc1.[c-]1ccccc1. The van der Waals surface area contributed by atoms with Crippen LogP contribution in [-0.4, -0.2) is 0 Å². The van der Waals surface area contributed by atoms with Gasteiger partial charge in [-0.15, -0.1) is 0 Å². The summed E-state index contributed by atoms with van der Waals surface area (Å²) >= 11 is 0. The van der Waals surface area contributed by atoms with E-state index >= 15 is 0 Å². The van der Waals surface area contributed by atoms with Gasteiger partial charge >= 0.3 is 40.8 Å². The van der Waals surface area contributed by atoms with Crippen LogP contribution in [0, 0.1) is 53.0 Å². The van der Waals surface area contributed by atoms with Crippen LogP contribution in [0.4, 0.5) is 0 Å². The van der Waals surface area contributed by atoms with Crippen molar-refractivity contribution >= 4 is 7.82 Å². The molecular weight excluding hydrogens is 383 g/mol. The van der Waals surface area contributed by atoms with Gasteiger partial charge in [0.1, 0.15) is 0 Å². The molecule has 0 aliphatic carbocycles. The maximum Gasteiger partial charge on any atom is 3.00 e. The summed E-state index contributed by atoms with van der Waals surface area (Å²) in [7, 11) is -5.39. The Balaban J connectivity index is 0. The molecule has 6 heteroatoms. The van der Waals surface area contributed by atoms with Crippen molar-refractivity contribution < 1.29 is 60.1 Å². The fraction of sp³-hybridized carbons (Fsp3) is 0. The number of phosphoric acid groups is 1. The minimum Gasteiger partial charge on any atom is -0.822 e. The first-order valence-corrected chi connectivity index (χ1v) is 6.01. The molecule has 0 unspecified atom stereocenters. The zero-order chi connectivity index (χ0) is 13.0. The fourth-order valence-electron chi connectivity index (χ4n) is 0.684. The Hall–Kier alpha value is -0.0994. The Kier molecular flexibility index (Phi) is 15.0. The predicted octanol–water partition coefficient (Wildman–Crippen LogP) is 0.149. The number of rotatable bonds is 0. The van der Waals surface area contributed by atoms with Gasteiger partial charge in [0.15, 0.2) is 0 Å². The van der Waals surface area contributed by atoms with E-state index in [2.05, 4.69) is 12.1 Å². The average molecular weight is 393 g/mol. The summed E-state index contributed by atoms with van der Waals surface area (Å²) in [6.07, 6.45) is 0. The molecule has 0 N–H and O–H groups in total. The molecule has 18 heavy (non-hydrogen) atoms. The Bertz CT molecular complexity index is 312. The van der Waals surface area contributed by atoms with Gasteiger partial charge < -0.3 is 19.2 Å². The maximum atomic E-state index is 8.55. The van der Waals surface area contributed by atoms with Crippen molar-refractivity contribution in [3.8, 4) is 0 Å². The van der Waals surface area contributed by atoms with E-state index in [1.807, 2.05) is 60.7 Å². The van der Waals surface area contributed by atoms with Gasteiger partial charge in [0.05, 0.1) is 0 Å². The largest absolute Gasteiger partial charge is 3.00 e. The van der Waals surface area contributed by atoms with Crippen LogP contribution < -0.4 is 14.7 Å². The van der Waals surface area contributed by atoms with Crippen LogP contribution in [0.1, 0.15) is 0 Å². The molecule has 0 amide bonds. The molecule has 0 heterocycles. The Morgan fingerprint density at radius 1 is 0.667 bits per heavy atom. The molecule has 0 aliphatic heterocycles. The number of hydrogen-bond donors (Lipinski definition) is 0. The van der Waals surface area contributed by atoms with Crippen molar-refractivity contribution in [3.63, 3.8) is 0 Å². The third-order valence-corrected chi connectivity index (χ3v) is 1.21. The molecule has 2 rings (SSSR count). The van der Waals surface area contributed by atoms with Gasteiger partial charge in [-0.3, -0.25) is 0 Å². The van der Waals surface area contributed by atoms with Gasteiger partial charge in [-0.1, -0.05) is 0 Å². The molecule has 2 aromatic rings. The van der Waals surface area contributed by atoms with Gasteiger partial charge in [-0.05, 0) is 0 Å². The smallest absolute Gasteiger partial charge is 0.822 e. The molecule has 0 atom stereocenters. The molecule has 0 aromatic heterocycles. The summed E-state index contributed by atoms with van der Waals surface area (Å²) in [6.45, 7) is 0. The van der Waals surface area contributed by atoms with E-state index < -0.39 is 7.82 Å². The first kappa shape index (κ1) is 20.2. The summed E-state index contributed by atoms with van der Waals surface area (Å²) in [5, 5.41) is 0. The minimum absolute atomic E-state index is 0. The van der Waals surface area contributed by atoms with E-state index in [1.165, 1.54) is 0 Å². The van der Waals surface area contributed by atoms with Crippen LogP contribution in [0.3, 0.4) is 0 Å². The van der Waals surface area contributed by atoms with E-state index in [4.69, 9.17) is 19.2 Å². The van der Waals surface area contributed by atoms with Crippen molar-refractivity contribution in [2.24, 2.45) is 0 Å². The van der Waals surface area contributed by atoms with Crippen LogP contribution in [0.5, 0.6) is 0 Å². The summed E-state index contributed by atoms with van der Waals surface area (Å²) in [5.41, 5.74) is 0. The number of hydrogen-bond acceptors (Lipinski definition) is 4. The molecular formula is C12H10NdO4P-2. The molecule has 2 aromatic carbocycles. The van der Waals surface area contributed by atoms with Gasteiger partial charge in [-0.25, -0.2) is 0 Å². The molecule has 0 bridgehead atoms. The van der Waals surface area contributed by atoms with E-state index in [0.717, 1.165) is 0 Å². The van der Waals surface area contributed by atoms with Crippen molar-refractivity contribution in [1.82, 2.24) is 0 Å². The van der Waals surface area contributed by atoms with Gasteiger partial charge in [0, 0.05) is 0 Å². The van der Waals surface area contributed by atoms with E-state index in [0.29, 0.717) is 0 Å². The van der Waals surface area contributed by atoms with Crippen LogP contribution in [0.2, 0.25) is 0 Å². The molecule has 0 aliphatic rings. The van der Waals surface area contributed by atoms with Crippen molar-refractivity contribution in [3.05, 3.63) is 72.8 Å². The molecule has 0 saturated heterocycles. The normalized spacial score (nSPS) is 8.61. The molecule has 93 valence electrons. The van der Waals surface area contributed by atoms with Crippen molar-refractivity contribution in [1.29, 1.82) is 0 Å². The molecule has 1 radical (unpaired) electrons. The van der Waals surface area contributed by atoms with E-state index in [9.17, 15) is 0 Å². The zero-order valence-corrected chi connectivity index (χ0v) is 13.5. The Morgan fingerprint density at radius 2 is 0.889 bits per heavy atom. The first-order chi connectivity index (χ1) is 8.00. The van der Waals surface area contributed by atoms with Crippen molar-refractivity contribution in [2.45, 2.75) is 0 Å². The van der Waals surface area contributed by atoms with Gasteiger partial charge in [0.25, 0.3) is 0 Å². The molecule has 0 fully saturated rings. The first-order valence-electron chi connectivity index (χ1n) is 4.55.